The summed E-state index contributed by atoms with van der Waals surface area (Å²) in [5, 5.41) is 4.04. The molecule has 1 aromatic carbocycles. The van der Waals surface area contributed by atoms with Crippen molar-refractivity contribution in [1.29, 1.82) is 0 Å². The largest absolute Gasteiger partial charge is 0.468 e. The minimum atomic E-state index is -0.210. The third kappa shape index (κ3) is 3.96. The van der Waals surface area contributed by atoms with Crippen LogP contribution < -0.4 is 0 Å². The van der Waals surface area contributed by atoms with E-state index in [1.54, 1.807) is 0 Å². The fourth-order valence-electron chi connectivity index (χ4n) is 2.96. The van der Waals surface area contributed by atoms with Gasteiger partial charge in [0.1, 0.15) is 6.04 Å². The van der Waals surface area contributed by atoms with Gasteiger partial charge in [-0.3, -0.25) is 9.69 Å². The number of carbonyl (C=O) groups excluding carboxylic acids is 1. The predicted molar refractivity (Wildman–Crippen MR) is 83.6 cm³/mol. The molecular formula is C17H21N3O3. The minimum absolute atomic E-state index is 0.186. The van der Waals surface area contributed by atoms with Gasteiger partial charge >= 0.3 is 5.97 Å². The van der Waals surface area contributed by atoms with Crippen molar-refractivity contribution in [3.8, 4) is 0 Å². The van der Waals surface area contributed by atoms with Crippen LogP contribution >= 0.6 is 0 Å². The summed E-state index contributed by atoms with van der Waals surface area (Å²) in [6.07, 6.45) is 3.57. The predicted octanol–water partition coefficient (Wildman–Crippen LogP) is 2.19. The molecule has 1 aliphatic rings. The lowest BCUT2D eigenvalue weighted by atomic mass is 10.0. The van der Waals surface area contributed by atoms with Gasteiger partial charge in [-0.2, -0.15) is 4.98 Å². The fourth-order valence-corrected chi connectivity index (χ4v) is 2.96. The van der Waals surface area contributed by atoms with E-state index in [1.165, 1.54) is 7.11 Å². The summed E-state index contributed by atoms with van der Waals surface area (Å²) in [6.45, 7) is 1.33. The molecular weight excluding hydrogens is 294 g/mol. The molecule has 2 heterocycles. The van der Waals surface area contributed by atoms with Gasteiger partial charge in [-0.05, 0) is 24.9 Å². The number of aromatic nitrogens is 2. The van der Waals surface area contributed by atoms with E-state index in [-0.39, 0.29) is 12.0 Å². The number of piperidine rings is 1. The van der Waals surface area contributed by atoms with Gasteiger partial charge in [-0.15, -0.1) is 0 Å². The molecule has 6 heteroatoms. The summed E-state index contributed by atoms with van der Waals surface area (Å²) in [6, 6.07) is 9.82. The van der Waals surface area contributed by atoms with E-state index < -0.39 is 0 Å². The summed E-state index contributed by atoms with van der Waals surface area (Å²) in [5.41, 5.74) is 1.14. The van der Waals surface area contributed by atoms with Gasteiger partial charge in [0.05, 0.1) is 13.7 Å². The number of nitrogens with zero attached hydrogens (tertiary/aromatic N) is 3. The van der Waals surface area contributed by atoms with E-state index in [0.717, 1.165) is 31.4 Å². The highest BCUT2D eigenvalue weighted by atomic mass is 16.5. The zero-order valence-corrected chi connectivity index (χ0v) is 13.3. The van der Waals surface area contributed by atoms with Crippen molar-refractivity contribution >= 4 is 5.97 Å². The summed E-state index contributed by atoms with van der Waals surface area (Å²) in [7, 11) is 1.43. The van der Waals surface area contributed by atoms with Crippen LogP contribution in [0.1, 0.15) is 36.5 Å². The first-order valence-corrected chi connectivity index (χ1v) is 7.93. The lowest BCUT2D eigenvalue weighted by Gasteiger charge is -2.32. The molecule has 0 radical (unpaired) electrons. The Balaban J connectivity index is 1.64. The topological polar surface area (TPSA) is 68.5 Å². The van der Waals surface area contributed by atoms with Crippen LogP contribution in [0.15, 0.2) is 34.9 Å². The second kappa shape index (κ2) is 7.37. The Labute approximate surface area is 135 Å². The van der Waals surface area contributed by atoms with Gasteiger partial charge in [-0.25, -0.2) is 0 Å². The molecule has 0 amide bonds. The Kier molecular flexibility index (Phi) is 5.02. The van der Waals surface area contributed by atoms with Crippen LogP contribution in [-0.4, -0.2) is 40.7 Å². The molecule has 0 N–H and O–H groups in total. The molecule has 0 bridgehead atoms. The summed E-state index contributed by atoms with van der Waals surface area (Å²) in [4.78, 5) is 18.4. The third-order valence-electron chi connectivity index (χ3n) is 4.14. The molecule has 2 aromatic rings. The lowest BCUT2D eigenvalue weighted by molar-refractivity contribution is -0.148. The molecule has 1 atom stereocenters. The number of likely N-dealkylation sites (tertiary alicyclic amines) is 1. The second-order valence-corrected chi connectivity index (χ2v) is 5.77. The van der Waals surface area contributed by atoms with Crippen LogP contribution in [0.5, 0.6) is 0 Å². The Bertz CT molecular complexity index is 642. The van der Waals surface area contributed by atoms with Gasteiger partial charge in [-0.1, -0.05) is 41.9 Å². The van der Waals surface area contributed by atoms with Crippen LogP contribution in [0.2, 0.25) is 0 Å². The quantitative estimate of drug-likeness (QED) is 0.788. The zero-order chi connectivity index (χ0) is 16.1. The number of rotatable bonds is 5. The third-order valence-corrected chi connectivity index (χ3v) is 4.14. The maximum atomic E-state index is 11.9. The van der Waals surface area contributed by atoms with Crippen molar-refractivity contribution in [2.75, 3.05) is 13.7 Å². The van der Waals surface area contributed by atoms with Gasteiger partial charge in [0, 0.05) is 6.42 Å². The van der Waals surface area contributed by atoms with E-state index in [1.807, 2.05) is 30.3 Å². The molecule has 6 nitrogen and oxygen atoms in total. The minimum Gasteiger partial charge on any atom is -0.468 e. The fraction of sp³-hybridized carbons (Fsp3) is 0.471. The molecule has 0 spiro atoms. The number of benzene rings is 1. The van der Waals surface area contributed by atoms with Crippen molar-refractivity contribution in [2.45, 2.75) is 38.3 Å². The summed E-state index contributed by atoms with van der Waals surface area (Å²) < 4.78 is 10.2. The molecule has 1 aliphatic heterocycles. The average molecular weight is 315 g/mol. The maximum absolute atomic E-state index is 11.9. The van der Waals surface area contributed by atoms with E-state index in [2.05, 4.69) is 15.0 Å². The molecule has 1 saturated heterocycles. The highest BCUT2D eigenvalue weighted by molar-refractivity contribution is 5.75. The standard InChI is InChI=1S/C17H21N3O3/c1-22-17(21)14-9-5-6-10-20(14)12-16-18-15(19-23-16)11-13-7-3-2-4-8-13/h2-4,7-8,14H,5-6,9-12H2,1H3. The van der Waals surface area contributed by atoms with E-state index in [0.29, 0.717) is 24.7 Å². The first-order chi connectivity index (χ1) is 11.3. The van der Waals surface area contributed by atoms with Crippen LogP contribution in [0.25, 0.3) is 0 Å². The van der Waals surface area contributed by atoms with Crippen molar-refractivity contribution in [1.82, 2.24) is 15.0 Å². The van der Waals surface area contributed by atoms with E-state index in [9.17, 15) is 4.79 Å². The van der Waals surface area contributed by atoms with Gasteiger partial charge in [0.25, 0.3) is 0 Å². The highest BCUT2D eigenvalue weighted by Crippen LogP contribution is 2.20. The first kappa shape index (κ1) is 15.7. The van der Waals surface area contributed by atoms with Crippen molar-refractivity contribution in [2.24, 2.45) is 0 Å². The molecule has 1 fully saturated rings. The Morgan fingerprint density at radius 1 is 1.35 bits per heavy atom. The van der Waals surface area contributed by atoms with Gasteiger partial charge < -0.3 is 9.26 Å². The van der Waals surface area contributed by atoms with Gasteiger partial charge in [0.15, 0.2) is 5.82 Å². The number of carbonyl (C=O) groups is 1. The highest BCUT2D eigenvalue weighted by Gasteiger charge is 2.30. The number of esters is 1. The Morgan fingerprint density at radius 2 is 2.17 bits per heavy atom. The molecule has 122 valence electrons. The molecule has 0 saturated carbocycles. The molecule has 3 rings (SSSR count). The van der Waals surface area contributed by atoms with Crippen molar-refractivity contribution in [3.63, 3.8) is 0 Å². The molecule has 1 unspecified atom stereocenters. The SMILES string of the molecule is COC(=O)C1CCCCN1Cc1nc(Cc2ccccc2)no1. The van der Waals surface area contributed by atoms with Gasteiger partial charge in [0.2, 0.25) is 5.89 Å². The Hall–Kier alpha value is -2.21. The van der Waals surface area contributed by atoms with Crippen LogP contribution in [0, 0.1) is 0 Å². The zero-order valence-electron chi connectivity index (χ0n) is 13.3. The average Bonchev–Trinajstić information content (AvgIpc) is 3.02. The van der Waals surface area contributed by atoms with Crippen LogP contribution in [-0.2, 0) is 22.5 Å². The normalized spacial score (nSPS) is 18.7. The molecule has 1 aromatic heterocycles. The van der Waals surface area contributed by atoms with Crippen LogP contribution in [0.3, 0.4) is 0 Å². The number of hydrogen-bond donors (Lipinski definition) is 0. The van der Waals surface area contributed by atoms with Crippen LogP contribution in [0.4, 0.5) is 0 Å². The van der Waals surface area contributed by atoms with Crippen molar-refractivity contribution < 1.29 is 14.1 Å². The second-order valence-electron chi connectivity index (χ2n) is 5.77. The van der Waals surface area contributed by atoms with E-state index >= 15 is 0 Å². The first-order valence-electron chi connectivity index (χ1n) is 7.93. The lowest BCUT2D eigenvalue weighted by Crippen LogP contribution is -2.44. The van der Waals surface area contributed by atoms with E-state index in [4.69, 9.17) is 9.26 Å². The number of ether oxygens (including phenoxy) is 1. The molecule has 0 aliphatic carbocycles. The Morgan fingerprint density at radius 3 is 2.96 bits per heavy atom. The monoisotopic (exact) mass is 315 g/mol. The van der Waals surface area contributed by atoms with Crippen molar-refractivity contribution in [3.05, 3.63) is 47.6 Å². The number of methoxy groups -OCH3 is 1. The molecule has 23 heavy (non-hydrogen) atoms. The number of hydrogen-bond acceptors (Lipinski definition) is 6. The smallest absolute Gasteiger partial charge is 0.323 e. The summed E-state index contributed by atoms with van der Waals surface area (Å²) >= 11 is 0. The summed E-state index contributed by atoms with van der Waals surface area (Å²) in [5.74, 6) is 1.03. The maximum Gasteiger partial charge on any atom is 0.323 e.